The van der Waals surface area contributed by atoms with E-state index < -0.39 is 10.0 Å². The van der Waals surface area contributed by atoms with Gasteiger partial charge in [-0.2, -0.15) is 0 Å². The third-order valence-corrected chi connectivity index (χ3v) is 10.5. The molecule has 3 aliphatic rings. The molecule has 10 nitrogen and oxygen atoms in total. The fourth-order valence-corrected chi connectivity index (χ4v) is 7.25. The van der Waals surface area contributed by atoms with Crippen molar-refractivity contribution in [2.45, 2.75) is 76.7 Å². The number of carbonyl (C=O) groups is 1. The number of hydrogen-bond donors (Lipinski definition) is 1. The van der Waals surface area contributed by atoms with Crippen molar-refractivity contribution in [1.82, 2.24) is 24.1 Å². The lowest BCUT2D eigenvalue weighted by molar-refractivity contribution is 0.0521. The van der Waals surface area contributed by atoms with Gasteiger partial charge in [-0.1, -0.05) is 29.8 Å². The van der Waals surface area contributed by atoms with Crippen molar-refractivity contribution in [3.05, 3.63) is 53.0 Å². The molecule has 0 spiro atoms. The topological polar surface area (TPSA) is 108 Å². The molecule has 5 rings (SSSR count). The standard InChI is InChI=1S/C30H44N6O4S/c1-21-6-5-7-23(18-21)27-9-8-26(40-27)19-31-29-22(2)28(32-20-33-29)30(37)36-16-12-25(13-17-36)35-14-10-24(11-15-35)34(3)41(4,38)39/h5-7,18,20,24-27H,8-17,19H2,1-4H3,(H,31,32,33). The van der Waals surface area contributed by atoms with E-state index in [2.05, 4.69) is 51.4 Å². The quantitative estimate of drug-likeness (QED) is 0.503. The van der Waals surface area contributed by atoms with Crippen molar-refractivity contribution < 1.29 is 17.9 Å². The normalized spacial score (nSPS) is 23.3. The molecule has 3 aliphatic heterocycles. The van der Waals surface area contributed by atoms with Gasteiger partial charge in [0, 0.05) is 44.3 Å². The van der Waals surface area contributed by atoms with E-state index in [9.17, 15) is 13.2 Å². The van der Waals surface area contributed by atoms with Crippen LogP contribution in [0.1, 0.15) is 71.8 Å². The molecule has 0 aliphatic carbocycles. The molecule has 1 aromatic carbocycles. The van der Waals surface area contributed by atoms with E-state index in [-0.39, 0.29) is 24.2 Å². The first-order valence-corrected chi connectivity index (χ1v) is 16.7. The Morgan fingerprint density at radius 3 is 2.46 bits per heavy atom. The van der Waals surface area contributed by atoms with E-state index in [0.717, 1.165) is 57.2 Å². The van der Waals surface area contributed by atoms with Crippen LogP contribution in [0.5, 0.6) is 0 Å². The number of hydrogen-bond acceptors (Lipinski definition) is 8. The van der Waals surface area contributed by atoms with Gasteiger partial charge in [0.15, 0.2) is 0 Å². The number of nitrogens with one attached hydrogen (secondary N) is 1. The average Bonchev–Trinajstić information content (AvgIpc) is 3.45. The SMILES string of the molecule is Cc1cccc(C2CCC(CNc3ncnc(C(=O)N4CCC(N5CCC(N(C)S(C)(=O)=O)CC5)CC4)c3C)O2)c1. The molecule has 3 fully saturated rings. The number of amides is 1. The molecule has 1 aromatic heterocycles. The van der Waals surface area contributed by atoms with Gasteiger partial charge in [0.05, 0.1) is 18.5 Å². The van der Waals surface area contributed by atoms with Crippen LogP contribution in [0.15, 0.2) is 30.6 Å². The van der Waals surface area contributed by atoms with Gasteiger partial charge in [-0.15, -0.1) is 0 Å². The number of anilines is 1. The molecule has 3 saturated heterocycles. The van der Waals surface area contributed by atoms with Crippen LogP contribution in [0, 0.1) is 13.8 Å². The van der Waals surface area contributed by atoms with Gasteiger partial charge in [0.1, 0.15) is 17.8 Å². The van der Waals surface area contributed by atoms with Crippen LogP contribution in [0.3, 0.4) is 0 Å². The summed E-state index contributed by atoms with van der Waals surface area (Å²) in [7, 11) is -1.49. The molecule has 41 heavy (non-hydrogen) atoms. The van der Waals surface area contributed by atoms with E-state index in [1.165, 1.54) is 28.0 Å². The Morgan fingerprint density at radius 2 is 1.78 bits per heavy atom. The van der Waals surface area contributed by atoms with Crippen LogP contribution in [-0.2, 0) is 14.8 Å². The van der Waals surface area contributed by atoms with Crippen molar-refractivity contribution in [3.8, 4) is 0 Å². The Hall–Kier alpha value is -2.60. The van der Waals surface area contributed by atoms with Crippen LogP contribution in [0.2, 0.25) is 0 Å². The predicted molar refractivity (Wildman–Crippen MR) is 159 cm³/mol. The molecule has 0 bridgehead atoms. The second kappa shape index (κ2) is 12.7. The minimum Gasteiger partial charge on any atom is -0.368 e. The first-order valence-electron chi connectivity index (χ1n) is 14.8. The van der Waals surface area contributed by atoms with Gasteiger partial charge in [-0.05, 0) is 71.0 Å². The second-order valence-corrected chi connectivity index (χ2v) is 13.9. The van der Waals surface area contributed by atoms with E-state index in [1.54, 1.807) is 7.05 Å². The number of carbonyl (C=O) groups excluding carboxylic acids is 1. The number of rotatable bonds is 8. The average molecular weight is 585 g/mol. The van der Waals surface area contributed by atoms with Gasteiger partial charge in [0.25, 0.3) is 5.91 Å². The Labute approximate surface area is 244 Å². The zero-order valence-electron chi connectivity index (χ0n) is 24.8. The number of aromatic nitrogens is 2. The number of likely N-dealkylation sites (tertiary alicyclic amines) is 2. The number of aryl methyl sites for hydroxylation is 1. The Kier molecular flexibility index (Phi) is 9.27. The number of nitrogens with zero attached hydrogens (tertiary/aromatic N) is 5. The maximum Gasteiger partial charge on any atom is 0.272 e. The summed E-state index contributed by atoms with van der Waals surface area (Å²) in [5, 5.41) is 3.41. The predicted octanol–water partition coefficient (Wildman–Crippen LogP) is 3.39. The maximum atomic E-state index is 13.5. The summed E-state index contributed by atoms with van der Waals surface area (Å²) in [6.07, 6.45) is 8.43. The Morgan fingerprint density at radius 1 is 1.05 bits per heavy atom. The summed E-state index contributed by atoms with van der Waals surface area (Å²) in [6.45, 7) is 7.80. The molecule has 1 N–H and O–H groups in total. The summed E-state index contributed by atoms with van der Waals surface area (Å²) >= 11 is 0. The lowest BCUT2D eigenvalue weighted by Crippen LogP contribution is -2.52. The summed E-state index contributed by atoms with van der Waals surface area (Å²) < 4.78 is 31.6. The molecular weight excluding hydrogens is 540 g/mol. The zero-order chi connectivity index (χ0) is 29.1. The first kappa shape index (κ1) is 29.9. The molecule has 0 saturated carbocycles. The van der Waals surface area contributed by atoms with E-state index in [1.807, 2.05) is 11.8 Å². The highest BCUT2D eigenvalue weighted by Crippen LogP contribution is 2.33. The number of sulfonamides is 1. The van der Waals surface area contributed by atoms with Gasteiger partial charge in [-0.3, -0.25) is 4.79 Å². The molecule has 2 atom stereocenters. The molecule has 224 valence electrons. The van der Waals surface area contributed by atoms with E-state index >= 15 is 0 Å². The minimum atomic E-state index is -3.17. The van der Waals surface area contributed by atoms with Crippen molar-refractivity contribution in [2.75, 3.05) is 51.3 Å². The molecule has 1 amide bonds. The lowest BCUT2D eigenvalue weighted by Gasteiger charge is -2.43. The smallest absolute Gasteiger partial charge is 0.272 e. The summed E-state index contributed by atoms with van der Waals surface area (Å²) in [6, 6.07) is 8.99. The van der Waals surface area contributed by atoms with Crippen LogP contribution < -0.4 is 5.32 Å². The van der Waals surface area contributed by atoms with Gasteiger partial charge in [0.2, 0.25) is 10.0 Å². The first-order chi connectivity index (χ1) is 19.6. The molecular formula is C30H44N6O4S. The van der Waals surface area contributed by atoms with Crippen molar-refractivity contribution in [3.63, 3.8) is 0 Å². The Balaban J connectivity index is 1.11. The molecule has 2 unspecified atom stereocenters. The van der Waals surface area contributed by atoms with Gasteiger partial charge in [-0.25, -0.2) is 22.7 Å². The van der Waals surface area contributed by atoms with Crippen molar-refractivity contribution in [2.24, 2.45) is 0 Å². The molecule has 4 heterocycles. The van der Waals surface area contributed by atoms with Crippen LogP contribution >= 0.6 is 0 Å². The largest absolute Gasteiger partial charge is 0.368 e. The summed E-state index contributed by atoms with van der Waals surface area (Å²) in [5.74, 6) is 0.638. The van der Waals surface area contributed by atoms with Crippen LogP contribution in [0.4, 0.5) is 5.82 Å². The zero-order valence-corrected chi connectivity index (χ0v) is 25.6. The Bertz CT molecular complexity index is 1320. The highest BCUT2D eigenvalue weighted by Gasteiger charge is 2.33. The molecule has 11 heteroatoms. The summed E-state index contributed by atoms with van der Waals surface area (Å²) in [5.41, 5.74) is 3.69. The van der Waals surface area contributed by atoms with Crippen LogP contribution in [0.25, 0.3) is 0 Å². The fraction of sp³-hybridized carbons (Fsp3) is 0.633. The highest BCUT2D eigenvalue weighted by atomic mass is 32.2. The highest BCUT2D eigenvalue weighted by molar-refractivity contribution is 7.88. The third kappa shape index (κ3) is 7.07. The van der Waals surface area contributed by atoms with Crippen molar-refractivity contribution in [1.29, 1.82) is 0 Å². The number of benzene rings is 1. The fourth-order valence-electron chi connectivity index (χ4n) is 6.50. The second-order valence-electron chi connectivity index (χ2n) is 11.9. The lowest BCUT2D eigenvalue weighted by atomic mass is 9.97. The van der Waals surface area contributed by atoms with E-state index in [4.69, 9.17) is 4.74 Å². The minimum absolute atomic E-state index is 0.0449. The van der Waals surface area contributed by atoms with Crippen molar-refractivity contribution >= 4 is 21.7 Å². The summed E-state index contributed by atoms with van der Waals surface area (Å²) in [4.78, 5) is 26.6. The van der Waals surface area contributed by atoms with E-state index in [0.29, 0.717) is 37.2 Å². The van der Waals surface area contributed by atoms with Gasteiger partial charge >= 0.3 is 0 Å². The van der Waals surface area contributed by atoms with Crippen LogP contribution in [-0.4, -0.2) is 103 Å². The number of ether oxygens (including phenoxy) is 1. The van der Waals surface area contributed by atoms with Gasteiger partial charge < -0.3 is 19.9 Å². The maximum absolute atomic E-state index is 13.5. The number of piperidine rings is 2. The monoisotopic (exact) mass is 584 g/mol. The molecule has 0 radical (unpaired) electrons. The molecule has 2 aromatic rings. The third-order valence-electron chi connectivity index (χ3n) is 9.11.